The van der Waals surface area contributed by atoms with Gasteiger partial charge in [0, 0.05) is 59.4 Å². The van der Waals surface area contributed by atoms with Crippen molar-refractivity contribution >= 4 is 34.5 Å². The maximum atomic E-state index is 12.9. The number of carbonyl (C=O) groups is 1. The summed E-state index contributed by atoms with van der Waals surface area (Å²) >= 11 is 8.07. The first-order valence-electron chi connectivity index (χ1n) is 10.8. The lowest BCUT2D eigenvalue weighted by Crippen LogP contribution is -2.42. The number of amides is 1. The third-order valence-corrected chi connectivity index (χ3v) is 7.24. The summed E-state index contributed by atoms with van der Waals surface area (Å²) < 4.78 is 0. The van der Waals surface area contributed by atoms with E-state index in [4.69, 9.17) is 11.6 Å². The van der Waals surface area contributed by atoms with Crippen molar-refractivity contribution in [3.8, 4) is 0 Å². The smallest absolute Gasteiger partial charge is 0.251 e. The van der Waals surface area contributed by atoms with E-state index in [2.05, 4.69) is 41.1 Å². The monoisotopic (exact) mass is 448 g/mol. The minimum Gasteiger partial charge on any atom is -0.369 e. The fraction of sp³-hybridized carbons (Fsp3) is 0.565. The summed E-state index contributed by atoms with van der Waals surface area (Å²) in [6.07, 6.45) is 7.28. The van der Waals surface area contributed by atoms with Crippen molar-refractivity contribution in [2.24, 2.45) is 0 Å². The maximum Gasteiger partial charge on any atom is 0.251 e. The Balaban J connectivity index is 1.73. The molecule has 1 fully saturated rings. The minimum atomic E-state index is -0.0693. The van der Waals surface area contributed by atoms with E-state index < -0.39 is 0 Å². The Bertz CT molecular complexity index is 832. The molecular weight excluding hydrogens is 416 g/mol. The van der Waals surface area contributed by atoms with E-state index in [1.807, 2.05) is 18.4 Å². The van der Waals surface area contributed by atoms with Crippen LogP contribution in [-0.4, -0.2) is 55.1 Å². The van der Waals surface area contributed by atoms with Crippen LogP contribution in [0.25, 0.3) is 0 Å². The van der Waals surface area contributed by atoms with Crippen LogP contribution in [0, 0.1) is 6.92 Å². The van der Waals surface area contributed by atoms with Gasteiger partial charge in [0.2, 0.25) is 0 Å². The number of benzene rings is 1. The fourth-order valence-corrected chi connectivity index (χ4v) is 5.30. The van der Waals surface area contributed by atoms with Crippen LogP contribution in [0.2, 0.25) is 5.02 Å². The molecule has 1 aromatic heterocycles. The summed E-state index contributed by atoms with van der Waals surface area (Å²) in [5.74, 6) is -0.0693. The maximum absolute atomic E-state index is 12.9. The van der Waals surface area contributed by atoms with E-state index in [9.17, 15) is 4.79 Å². The summed E-state index contributed by atoms with van der Waals surface area (Å²) in [5.41, 5.74) is 2.75. The molecule has 0 saturated heterocycles. The molecule has 0 aliphatic heterocycles. The number of hydrogen-bond donors (Lipinski definition) is 1. The van der Waals surface area contributed by atoms with Crippen LogP contribution in [0.15, 0.2) is 23.7 Å². The van der Waals surface area contributed by atoms with Gasteiger partial charge in [-0.15, -0.1) is 11.3 Å². The molecule has 1 saturated carbocycles. The van der Waals surface area contributed by atoms with Crippen molar-refractivity contribution in [3.05, 3.63) is 44.9 Å². The second-order valence-electron chi connectivity index (χ2n) is 8.24. The highest BCUT2D eigenvalue weighted by Crippen LogP contribution is 2.34. The predicted octanol–water partition coefficient (Wildman–Crippen LogP) is 4.78. The number of rotatable bonds is 8. The van der Waals surface area contributed by atoms with Gasteiger partial charge in [0.15, 0.2) is 0 Å². The van der Waals surface area contributed by atoms with Crippen LogP contribution in [0.4, 0.5) is 5.69 Å². The molecule has 0 unspecified atom stereocenters. The molecule has 3 rings (SSSR count). The van der Waals surface area contributed by atoms with E-state index >= 15 is 0 Å². The third-order valence-electron chi connectivity index (χ3n) is 6.18. The third kappa shape index (κ3) is 5.54. The molecule has 1 aromatic carbocycles. The van der Waals surface area contributed by atoms with Crippen LogP contribution >= 0.6 is 22.9 Å². The second-order valence-corrected chi connectivity index (χ2v) is 9.66. The van der Waals surface area contributed by atoms with Crippen molar-refractivity contribution in [3.63, 3.8) is 0 Å². The molecule has 0 atom stereocenters. The largest absolute Gasteiger partial charge is 0.369 e. The highest BCUT2D eigenvalue weighted by molar-refractivity contribution is 7.09. The number of carbonyl (C=O) groups excluding carboxylic acids is 1. The Morgan fingerprint density at radius 1 is 1.23 bits per heavy atom. The Kier molecular flexibility index (Phi) is 8.14. The van der Waals surface area contributed by atoms with Crippen molar-refractivity contribution < 1.29 is 4.79 Å². The van der Waals surface area contributed by atoms with Gasteiger partial charge >= 0.3 is 0 Å². The zero-order valence-electron chi connectivity index (χ0n) is 18.4. The van der Waals surface area contributed by atoms with Crippen LogP contribution in [0.1, 0.15) is 53.5 Å². The summed E-state index contributed by atoms with van der Waals surface area (Å²) in [4.78, 5) is 21.9. The fourth-order valence-electron chi connectivity index (χ4n) is 4.46. The Labute approximate surface area is 189 Å². The molecule has 1 heterocycles. The highest BCUT2D eigenvalue weighted by atomic mass is 35.5. The lowest BCUT2D eigenvalue weighted by Gasteiger charge is -2.40. The molecule has 1 N–H and O–H groups in total. The topological polar surface area (TPSA) is 48.5 Å². The quantitative estimate of drug-likeness (QED) is 0.631. The molecular formula is C23H33ClN4OS. The molecule has 0 bridgehead atoms. The number of nitrogens with one attached hydrogen (secondary N) is 1. The normalized spacial score (nSPS) is 19.1. The van der Waals surface area contributed by atoms with E-state index in [0.717, 1.165) is 42.1 Å². The average molecular weight is 449 g/mol. The van der Waals surface area contributed by atoms with Gasteiger partial charge in [0.25, 0.3) is 5.91 Å². The molecule has 7 heteroatoms. The Hall–Kier alpha value is -1.63. The van der Waals surface area contributed by atoms with Gasteiger partial charge < -0.3 is 15.1 Å². The number of nitrogens with zero attached hydrogens (tertiary/aromatic N) is 3. The molecule has 1 amide bonds. The molecule has 5 nitrogen and oxygen atoms in total. The van der Waals surface area contributed by atoms with E-state index in [0.29, 0.717) is 29.2 Å². The van der Waals surface area contributed by atoms with Crippen LogP contribution in [-0.2, 0) is 6.42 Å². The van der Waals surface area contributed by atoms with E-state index in [1.54, 1.807) is 23.6 Å². The van der Waals surface area contributed by atoms with E-state index in [-0.39, 0.29) is 5.91 Å². The molecule has 0 spiro atoms. The van der Waals surface area contributed by atoms with Crippen LogP contribution in [0.3, 0.4) is 0 Å². The predicted molar refractivity (Wildman–Crippen MR) is 127 cm³/mol. The molecule has 1 aliphatic rings. The van der Waals surface area contributed by atoms with Gasteiger partial charge in [-0.2, -0.15) is 0 Å². The van der Waals surface area contributed by atoms with Crippen molar-refractivity contribution in [2.45, 2.75) is 58.0 Å². The number of halogens is 1. The molecule has 164 valence electrons. The van der Waals surface area contributed by atoms with Crippen molar-refractivity contribution in [1.29, 1.82) is 0 Å². The Morgan fingerprint density at radius 3 is 2.53 bits per heavy atom. The SMILES string of the molecule is CCN(c1cc(Cl)cc(C(=O)NCCc2nccs2)c1C)C1CCC(N(C)C)CC1. The number of anilines is 1. The van der Waals surface area contributed by atoms with Crippen molar-refractivity contribution in [1.82, 2.24) is 15.2 Å². The minimum absolute atomic E-state index is 0.0693. The second kappa shape index (κ2) is 10.6. The van der Waals surface area contributed by atoms with Gasteiger partial charge in [-0.05, 0) is 71.3 Å². The molecule has 1 aliphatic carbocycles. The average Bonchev–Trinajstić information content (AvgIpc) is 3.24. The standard InChI is InChI=1S/C23H33ClN4OS/c1-5-28(19-8-6-18(7-9-19)27(3)4)21-15-17(24)14-20(16(21)2)23(29)26-11-10-22-25-12-13-30-22/h12-15,18-19H,5-11H2,1-4H3,(H,26,29). The summed E-state index contributed by atoms with van der Waals surface area (Å²) in [6.45, 7) is 5.70. The van der Waals surface area contributed by atoms with Gasteiger partial charge in [0.05, 0.1) is 5.01 Å². The first-order chi connectivity index (χ1) is 14.4. The van der Waals surface area contributed by atoms with Gasteiger partial charge in [0.1, 0.15) is 0 Å². The highest BCUT2D eigenvalue weighted by Gasteiger charge is 2.28. The zero-order valence-corrected chi connectivity index (χ0v) is 20.0. The lowest BCUT2D eigenvalue weighted by atomic mass is 9.89. The van der Waals surface area contributed by atoms with Gasteiger partial charge in [-0.3, -0.25) is 4.79 Å². The first-order valence-corrected chi connectivity index (χ1v) is 12.1. The molecule has 2 aromatic rings. The summed E-state index contributed by atoms with van der Waals surface area (Å²) in [7, 11) is 4.34. The first kappa shape index (κ1) is 23.0. The van der Waals surface area contributed by atoms with Crippen molar-refractivity contribution in [2.75, 3.05) is 32.1 Å². The van der Waals surface area contributed by atoms with Crippen LogP contribution < -0.4 is 10.2 Å². The number of hydrogen-bond acceptors (Lipinski definition) is 5. The van der Waals surface area contributed by atoms with Gasteiger partial charge in [-0.1, -0.05) is 11.6 Å². The van der Waals surface area contributed by atoms with E-state index in [1.165, 1.54) is 12.8 Å². The number of thiazole rings is 1. The van der Waals surface area contributed by atoms with Crippen LogP contribution in [0.5, 0.6) is 0 Å². The molecule has 0 radical (unpaired) electrons. The summed E-state index contributed by atoms with van der Waals surface area (Å²) in [5, 5.41) is 6.63. The zero-order chi connectivity index (χ0) is 21.7. The Morgan fingerprint density at radius 2 is 1.93 bits per heavy atom. The number of aromatic nitrogens is 1. The summed E-state index contributed by atoms with van der Waals surface area (Å²) in [6, 6.07) is 4.96. The molecule has 30 heavy (non-hydrogen) atoms. The lowest BCUT2D eigenvalue weighted by molar-refractivity contribution is 0.0953. The van der Waals surface area contributed by atoms with Gasteiger partial charge in [-0.25, -0.2) is 4.98 Å².